The zero-order chi connectivity index (χ0) is 14.3. The fraction of sp³-hybridized carbons (Fsp3) is 0.429. The van der Waals surface area contributed by atoms with E-state index in [1.165, 1.54) is 0 Å². The second kappa shape index (κ2) is 7.53. The molecule has 0 radical (unpaired) electrons. The average Bonchev–Trinajstić information content (AvgIpc) is 2.40. The van der Waals surface area contributed by atoms with Crippen molar-refractivity contribution in [2.75, 3.05) is 25.5 Å². The van der Waals surface area contributed by atoms with Crippen molar-refractivity contribution in [1.29, 1.82) is 0 Å². The number of carbonyl (C=O) groups is 2. The molecule has 0 aliphatic heterocycles. The normalized spacial score (nSPS) is 10.1. The lowest BCUT2D eigenvalue weighted by atomic mass is 10.1. The monoisotopic (exact) mass is 263 g/mol. The summed E-state index contributed by atoms with van der Waals surface area (Å²) >= 11 is 0. The summed E-state index contributed by atoms with van der Waals surface area (Å²) < 4.78 is 0. The van der Waals surface area contributed by atoms with E-state index >= 15 is 0 Å². The summed E-state index contributed by atoms with van der Waals surface area (Å²) in [5.74, 6) is -0.209. The molecule has 0 saturated carbocycles. The Morgan fingerprint density at radius 3 is 2.63 bits per heavy atom. The quantitative estimate of drug-likeness (QED) is 0.677. The molecule has 0 aromatic heterocycles. The van der Waals surface area contributed by atoms with Gasteiger partial charge in [0.2, 0.25) is 5.91 Å². The van der Waals surface area contributed by atoms with Gasteiger partial charge in [-0.1, -0.05) is 13.0 Å². The molecule has 0 heterocycles. The van der Waals surface area contributed by atoms with Crippen LogP contribution in [0.1, 0.15) is 29.3 Å². The minimum atomic E-state index is -0.152. The van der Waals surface area contributed by atoms with Crippen LogP contribution in [0.5, 0.6) is 0 Å². The van der Waals surface area contributed by atoms with Gasteiger partial charge < -0.3 is 16.0 Å². The van der Waals surface area contributed by atoms with Gasteiger partial charge in [-0.3, -0.25) is 9.59 Å². The zero-order valence-electron chi connectivity index (χ0n) is 11.7. The first-order valence-electron chi connectivity index (χ1n) is 6.42. The first-order valence-corrected chi connectivity index (χ1v) is 6.42. The number of rotatable bonds is 6. The number of amides is 2. The fourth-order valence-electron chi connectivity index (χ4n) is 1.74. The van der Waals surface area contributed by atoms with Crippen molar-refractivity contribution in [2.24, 2.45) is 0 Å². The standard InChI is InChI=1S/C14H21N3O2/c1-4-16-9-8-13(18)17-12-7-5-6-11(10(12)2)14(19)15-3/h5-7,16H,4,8-9H2,1-3H3,(H,15,19)(H,17,18). The Hall–Kier alpha value is -1.88. The van der Waals surface area contributed by atoms with Crippen LogP contribution in [0.15, 0.2) is 18.2 Å². The molecular formula is C14H21N3O2. The summed E-state index contributed by atoms with van der Waals surface area (Å²) in [6, 6.07) is 5.30. The molecule has 1 rings (SSSR count). The molecule has 104 valence electrons. The second-order valence-electron chi connectivity index (χ2n) is 4.21. The smallest absolute Gasteiger partial charge is 0.251 e. The molecule has 0 fully saturated rings. The van der Waals surface area contributed by atoms with Gasteiger partial charge in [0.1, 0.15) is 0 Å². The summed E-state index contributed by atoms with van der Waals surface area (Å²) in [6.45, 7) is 5.31. The van der Waals surface area contributed by atoms with Crippen molar-refractivity contribution in [2.45, 2.75) is 20.3 Å². The Balaban J connectivity index is 2.73. The van der Waals surface area contributed by atoms with Crippen molar-refractivity contribution >= 4 is 17.5 Å². The van der Waals surface area contributed by atoms with E-state index < -0.39 is 0 Å². The van der Waals surface area contributed by atoms with Gasteiger partial charge in [0, 0.05) is 31.3 Å². The predicted octanol–water partition coefficient (Wildman–Crippen LogP) is 1.29. The summed E-state index contributed by atoms with van der Waals surface area (Å²) in [6.07, 6.45) is 0.414. The summed E-state index contributed by atoms with van der Waals surface area (Å²) in [5, 5.41) is 8.51. The molecular weight excluding hydrogens is 242 g/mol. The average molecular weight is 263 g/mol. The molecule has 19 heavy (non-hydrogen) atoms. The van der Waals surface area contributed by atoms with Crippen molar-refractivity contribution in [3.63, 3.8) is 0 Å². The van der Waals surface area contributed by atoms with Gasteiger partial charge in [-0.2, -0.15) is 0 Å². The van der Waals surface area contributed by atoms with Crippen LogP contribution in [-0.4, -0.2) is 32.0 Å². The summed E-state index contributed by atoms with van der Waals surface area (Å²) in [5.41, 5.74) is 2.04. The third-order valence-corrected chi connectivity index (χ3v) is 2.86. The van der Waals surface area contributed by atoms with Gasteiger partial charge in [0.25, 0.3) is 5.91 Å². The highest BCUT2D eigenvalue weighted by Crippen LogP contribution is 2.19. The molecule has 1 aromatic carbocycles. The Morgan fingerprint density at radius 2 is 2.00 bits per heavy atom. The van der Waals surface area contributed by atoms with Crippen LogP contribution in [0, 0.1) is 6.92 Å². The Labute approximate surface area is 113 Å². The van der Waals surface area contributed by atoms with Crippen LogP contribution >= 0.6 is 0 Å². The van der Waals surface area contributed by atoms with Gasteiger partial charge in [-0.25, -0.2) is 0 Å². The van der Waals surface area contributed by atoms with E-state index in [1.54, 1.807) is 25.2 Å². The molecule has 0 spiro atoms. The molecule has 0 bridgehead atoms. The largest absolute Gasteiger partial charge is 0.355 e. The van der Waals surface area contributed by atoms with Crippen LogP contribution < -0.4 is 16.0 Å². The minimum Gasteiger partial charge on any atom is -0.355 e. The highest BCUT2D eigenvalue weighted by molar-refractivity contribution is 5.99. The SMILES string of the molecule is CCNCCC(=O)Nc1cccc(C(=O)NC)c1C. The highest BCUT2D eigenvalue weighted by atomic mass is 16.2. The summed E-state index contributed by atoms with van der Waals surface area (Å²) in [4.78, 5) is 23.4. The van der Waals surface area contributed by atoms with Gasteiger partial charge in [-0.15, -0.1) is 0 Å². The Kier molecular flexibility index (Phi) is 6.02. The van der Waals surface area contributed by atoms with Crippen molar-refractivity contribution in [3.05, 3.63) is 29.3 Å². The van der Waals surface area contributed by atoms with E-state index in [9.17, 15) is 9.59 Å². The minimum absolute atomic E-state index is 0.0573. The van der Waals surface area contributed by atoms with Crippen LogP contribution in [0.2, 0.25) is 0 Å². The van der Waals surface area contributed by atoms with E-state index in [-0.39, 0.29) is 11.8 Å². The van der Waals surface area contributed by atoms with Gasteiger partial charge >= 0.3 is 0 Å². The number of hydrogen-bond acceptors (Lipinski definition) is 3. The van der Waals surface area contributed by atoms with E-state index in [0.717, 1.165) is 12.1 Å². The van der Waals surface area contributed by atoms with E-state index in [4.69, 9.17) is 0 Å². The van der Waals surface area contributed by atoms with Gasteiger partial charge in [0.05, 0.1) is 0 Å². The molecule has 3 N–H and O–H groups in total. The number of benzene rings is 1. The molecule has 0 saturated heterocycles. The maximum atomic E-state index is 11.7. The molecule has 5 nitrogen and oxygen atoms in total. The molecule has 2 amide bonds. The first kappa shape index (κ1) is 15.2. The zero-order valence-corrected chi connectivity index (χ0v) is 11.7. The fourth-order valence-corrected chi connectivity index (χ4v) is 1.74. The number of hydrogen-bond donors (Lipinski definition) is 3. The second-order valence-corrected chi connectivity index (χ2v) is 4.21. The van der Waals surface area contributed by atoms with E-state index in [2.05, 4.69) is 16.0 Å². The molecule has 0 aliphatic carbocycles. The summed E-state index contributed by atoms with van der Waals surface area (Å²) in [7, 11) is 1.59. The lowest BCUT2D eigenvalue weighted by Gasteiger charge is -2.11. The maximum absolute atomic E-state index is 11.7. The lowest BCUT2D eigenvalue weighted by Crippen LogP contribution is -2.23. The topological polar surface area (TPSA) is 70.2 Å². The molecule has 0 aliphatic rings. The van der Waals surface area contributed by atoms with E-state index in [0.29, 0.717) is 24.2 Å². The van der Waals surface area contributed by atoms with E-state index in [1.807, 2.05) is 13.8 Å². The molecule has 0 unspecified atom stereocenters. The highest BCUT2D eigenvalue weighted by Gasteiger charge is 2.11. The molecule has 1 aromatic rings. The predicted molar refractivity (Wildman–Crippen MR) is 76.4 cm³/mol. The number of carbonyl (C=O) groups excluding carboxylic acids is 2. The Morgan fingerprint density at radius 1 is 1.26 bits per heavy atom. The third-order valence-electron chi connectivity index (χ3n) is 2.86. The Bertz CT molecular complexity index is 458. The number of anilines is 1. The van der Waals surface area contributed by atoms with Crippen LogP contribution in [0.4, 0.5) is 5.69 Å². The third kappa shape index (κ3) is 4.37. The van der Waals surface area contributed by atoms with Gasteiger partial charge in [0.15, 0.2) is 0 Å². The molecule has 0 atom stereocenters. The van der Waals surface area contributed by atoms with Crippen LogP contribution in [0.3, 0.4) is 0 Å². The van der Waals surface area contributed by atoms with Crippen molar-refractivity contribution in [1.82, 2.24) is 10.6 Å². The van der Waals surface area contributed by atoms with Crippen molar-refractivity contribution in [3.8, 4) is 0 Å². The van der Waals surface area contributed by atoms with Gasteiger partial charge in [-0.05, 0) is 31.2 Å². The maximum Gasteiger partial charge on any atom is 0.251 e. The lowest BCUT2D eigenvalue weighted by molar-refractivity contribution is -0.116. The van der Waals surface area contributed by atoms with Crippen molar-refractivity contribution < 1.29 is 9.59 Å². The molecule has 5 heteroatoms. The first-order chi connectivity index (χ1) is 9.10. The van der Waals surface area contributed by atoms with Crippen LogP contribution in [0.25, 0.3) is 0 Å². The van der Waals surface area contributed by atoms with Crippen LogP contribution in [-0.2, 0) is 4.79 Å². The number of nitrogens with one attached hydrogen (secondary N) is 3.